The van der Waals surface area contributed by atoms with Crippen LogP contribution >= 0.6 is 0 Å². The highest BCUT2D eigenvalue weighted by Gasteiger charge is 2.22. The Kier molecular flexibility index (Phi) is 3.94. The summed E-state index contributed by atoms with van der Waals surface area (Å²) in [6.45, 7) is 5.02. The molecule has 136 valence electrons. The average Bonchev–Trinajstić information content (AvgIpc) is 3.02. The molecule has 28 heavy (non-hydrogen) atoms. The largest absolute Gasteiger partial charge is 0.309 e. The topological polar surface area (TPSA) is 21.2 Å². The number of aromatic nitrogens is 3. The summed E-state index contributed by atoms with van der Waals surface area (Å²) in [5.74, 6) is 0. The van der Waals surface area contributed by atoms with E-state index in [4.69, 9.17) is 5.10 Å². The normalized spacial score (nSPS) is 11.4. The van der Waals surface area contributed by atoms with Gasteiger partial charge in [0, 0.05) is 11.6 Å². The Balaban J connectivity index is 1.78. The Bertz CT molecular complexity index is 1280. The first-order valence-corrected chi connectivity index (χ1v) is 9.62. The lowest BCUT2D eigenvalue weighted by Crippen LogP contribution is -2.34. The quantitative estimate of drug-likeness (QED) is 0.408. The fourth-order valence-electron chi connectivity index (χ4n) is 3.87. The predicted octanol–water partition coefficient (Wildman–Crippen LogP) is 5.11. The van der Waals surface area contributed by atoms with Gasteiger partial charge in [0.2, 0.25) is 5.52 Å². The maximum Gasteiger partial charge on any atom is 0.309 e. The van der Waals surface area contributed by atoms with E-state index in [9.17, 15) is 0 Å². The molecule has 0 aliphatic heterocycles. The molecule has 3 nitrogen and oxygen atoms in total. The minimum Gasteiger partial charge on any atom is -0.217 e. The van der Waals surface area contributed by atoms with Gasteiger partial charge in [-0.2, -0.15) is 0 Å². The molecule has 0 saturated heterocycles. The van der Waals surface area contributed by atoms with Crippen LogP contribution in [0.25, 0.3) is 27.8 Å². The minimum absolute atomic E-state index is 0.815. The van der Waals surface area contributed by atoms with E-state index in [1.54, 1.807) is 0 Å². The number of hydrogen-bond donors (Lipinski definition) is 0. The third-order valence-corrected chi connectivity index (χ3v) is 5.35. The zero-order chi connectivity index (χ0) is 19.1. The first-order valence-electron chi connectivity index (χ1n) is 9.62. The van der Waals surface area contributed by atoms with Crippen molar-refractivity contribution in [3.63, 3.8) is 0 Å². The number of hydrogen-bond acceptors (Lipinski definition) is 1. The molecule has 5 aromatic rings. The summed E-state index contributed by atoms with van der Waals surface area (Å²) in [4.78, 5) is 0. The van der Waals surface area contributed by atoms with E-state index in [0.717, 1.165) is 23.4 Å². The molecule has 2 aromatic heterocycles. The zero-order valence-corrected chi connectivity index (χ0v) is 16.1. The first-order chi connectivity index (χ1) is 13.7. The van der Waals surface area contributed by atoms with Crippen molar-refractivity contribution in [3.05, 3.63) is 102 Å². The second-order valence-electron chi connectivity index (χ2n) is 7.34. The van der Waals surface area contributed by atoms with Crippen LogP contribution in [0.1, 0.15) is 16.8 Å². The number of benzene rings is 3. The molecule has 3 heteroatoms. The average molecular weight is 364 g/mol. The number of imidazole rings is 1. The number of rotatable bonds is 3. The van der Waals surface area contributed by atoms with Crippen molar-refractivity contribution in [1.29, 1.82) is 0 Å². The van der Waals surface area contributed by atoms with Crippen LogP contribution in [0.4, 0.5) is 0 Å². The van der Waals surface area contributed by atoms with Crippen molar-refractivity contribution in [2.75, 3.05) is 0 Å². The van der Waals surface area contributed by atoms with Gasteiger partial charge in [-0.1, -0.05) is 81.9 Å². The van der Waals surface area contributed by atoms with Gasteiger partial charge in [0.15, 0.2) is 5.52 Å². The predicted molar refractivity (Wildman–Crippen MR) is 113 cm³/mol. The highest BCUT2D eigenvalue weighted by molar-refractivity contribution is 5.77. The molecule has 0 fully saturated rings. The summed E-state index contributed by atoms with van der Waals surface area (Å²) in [5, 5.41) is 4.96. The summed E-state index contributed by atoms with van der Waals surface area (Å²) in [6, 6.07) is 30.0. The lowest BCUT2D eigenvalue weighted by atomic mass is 10.0. The third-order valence-electron chi connectivity index (χ3n) is 5.35. The second kappa shape index (κ2) is 6.61. The van der Waals surface area contributed by atoms with Crippen LogP contribution in [-0.4, -0.2) is 9.61 Å². The Morgan fingerprint density at radius 3 is 2.32 bits per heavy atom. The Labute approximate surface area is 164 Å². The van der Waals surface area contributed by atoms with Crippen molar-refractivity contribution in [1.82, 2.24) is 9.61 Å². The molecule has 0 amide bonds. The van der Waals surface area contributed by atoms with E-state index in [0.29, 0.717) is 0 Å². The molecule has 0 aliphatic carbocycles. The highest BCUT2D eigenvalue weighted by atomic mass is 15.3. The van der Waals surface area contributed by atoms with Crippen LogP contribution in [0.3, 0.4) is 0 Å². The van der Waals surface area contributed by atoms with Crippen molar-refractivity contribution in [3.8, 4) is 11.1 Å². The molecular weight excluding hydrogens is 342 g/mol. The Hall–Kier alpha value is -3.46. The standard InChI is InChI=1S/C25H22N3/c1-18-12-14-21(15-13-18)22-16-25-27(17-20-8-4-3-5-9-20)23-10-6-7-11-24(23)28(25)26-19(22)2/h3-16H,17H2,1-2H3/q+1. The molecule has 0 bridgehead atoms. The smallest absolute Gasteiger partial charge is 0.217 e. The Morgan fingerprint density at radius 1 is 0.821 bits per heavy atom. The zero-order valence-electron chi connectivity index (χ0n) is 16.1. The minimum atomic E-state index is 0.815. The van der Waals surface area contributed by atoms with Crippen molar-refractivity contribution in [2.24, 2.45) is 0 Å². The fourth-order valence-corrected chi connectivity index (χ4v) is 3.87. The van der Waals surface area contributed by atoms with Crippen molar-refractivity contribution < 1.29 is 4.57 Å². The van der Waals surface area contributed by atoms with Gasteiger partial charge in [0.05, 0.1) is 5.69 Å². The molecule has 0 atom stereocenters. The van der Waals surface area contributed by atoms with E-state index in [1.807, 2.05) is 0 Å². The lowest BCUT2D eigenvalue weighted by Gasteiger charge is -2.05. The van der Waals surface area contributed by atoms with E-state index in [-0.39, 0.29) is 0 Å². The first kappa shape index (κ1) is 16.7. The fraction of sp³-hybridized carbons (Fsp3) is 0.120. The van der Waals surface area contributed by atoms with E-state index in [1.165, 1.54) is 27.8 Å². The number of aryl methyl sites for hydroxylation is 2. The molecule has 0 N–H and O–H groups in total. The monoisotopic (exact) mass is 364 g/mol. The molecule has 5 rings (SSSR count). The van der Waals surface area contributed by atoms with Crippen molar-refractivity contribution in [2.45, 2.75) is 20.4 Å². The third kappa shape index (κ3) is 2.76. The summed E-state index contributed by atoms with van der Waals surface area (Å²) >= 11 is 0. The lowest BCUT2D eigenvalue weighted by molar-refractivity contribution is -0.636. The molecule has 0 unspecified atom stereocenters. The van der Waals surface area contributed by atoms with Gasteiger partial charge in [-0.05, 0) is 37.1 Å². The maximum atomic E-state index is 4.96. The van der Waals surface area contributed by atoms with Crippen LogP contribution < -0.4 is 4.57 Å². The van der Waals surface area contributed by atoms with Crippen molar-refractivity contribution >= 4 is 16.7 Å². The molecular formula is C25H22N3+. The molecule has 2 heterocycles. The van der Waals surface area contributed by atoms with Gasteiger partial charge in [-0.3, -0.25) is 0 Å². The second-order valence-corrected chi connectivity index (χ2v) is 7.34. The van der Waals surface area contributed by atoms with Crippen LogP contribution in [0.15, 0.2) is 84.9 Å². The van der Waals surface area contributed by atoms with Gasteiger partial charge in [0.25, 0.3) is 0 Å². The summed E-state index contributed by atoms with van der Waals surface area (Å²) in [5.41, 5.74) is 9.39. The number of nitrogens with zero attached hydrogens (tertiary/aromatic N) is 3. The number of para-hydroxylation sites is 2. The maximum absolute atomic E-state index is 4.96. The van der Waals surface area contributed by atoms with Gasteiger partial charge in [0.1, 0.15) is 6.54 Å². The highest BCUT2D eigenvalue weighted by Crippen LogP contribution is 2.25. The molecule has 0 saturated carbocycles. The number of fused-ring (bicyclic) bond motifs is 3. The molecule has 0 aliphatic rings. The van der Waals surface area contributed by atoms with Gasteiger partial charge in [-0.15, -0.1) is 0 Å². The molecule has 3 aromatic carbocycles. The molecule has 0 radical (unpaired) electrons. The van der Waals surface area contributed by atoms with E-state index >= 15 is 0 Å². The summed E-state index contributed by atoms with van der Waals surface area (Å²) in [6.07, 6.45) is 0. The van der Waals surface area contributed by atoms with Gasteiger partial charge < -0.3 is 0 Å². The summed E-state index contributed by atoms with van der Waals surface area (Å²) < 4.78 is 4.43. The van der Waals surface area contributed by atoms with Gasteiger partial charge in [-0.25, -0.2) is 4.57 Å². The SMILES string of the molecule is Cc1ccc(-c2cc3n(nc2C)c2ccccc2[n+]3Cc2ccccc2)cc1. The van der Waals surface area contributed by atoms with Crippen LogP contribution in [-0.2, 0) is 6.54 Å². The van der Waals surface area contributed by atoms with Crippen LogP contribution in [0.5, 0.6) is 0 Å². The van der Waals surface area contributed by atoms with E-state index < -0.39 is 0 Å². The molecule has 0 spiro atoms. The Morgan fingerprint density at radius 2 is 1.54 bits per heavy atom. The van der Waals surface area contributed by atoms with Crippen LogP contribution in [0.2, 0.25) is 0 Å². The summed E-state index contributed by atoms with van der Waals surface area (Å²) in [7, 11) is 0. The van der Waals surface area contributed by atoms with Crippen LogP contribution in [0, 0.1) is 13.8 Å². The van der Waals surface area contributed by atoms with E-state index in [2.05, 4.69) is 108 Å². The van der Waals surface area contributed by atoms with Gasteiger partial charge >= 0.3 is 5.65 Å².